The molecule has 0 aliphatic heterocycles. The summed E-state index contributed by atoms with van der Waals surface area (Å²) in [5.74, 6) is -0.673. The Labute approximate surface area is 358 Å². The first-order chi connectivity index (χ1) is 28.2. The second-order valence-electron chi connectivity index (χ2n) is 17.3. The van der Waals surface area contributed by atoms with Crippen molar-refractivity contribution in [3.8, 4) is 0 Å². The number of unbranched alkanes of at least 4 members (excludes halogenated alkanes) is 24. The normalized spacial score (nSPS) is 12.0. The largest absolute Gasteiger partial charge is 0.466 e. The zero-order valence-electron chi connectivity index (χ0n) is 38.7. The third-order valence-corrected chi connectivity index (χ3v) is 11.5. The minimum atomic E-state index is -0.460. The van der Waals surface area contributed by atoms with Gasteiger partial charge in [-0.3, -0.25) is 24.1 Å². The minimum Gasteiger partial charge on any atom is -0.466 e. The van der Waals surface area contributed by atoms with Gasteiger partial charge in [-0.25, -0.2) is 0 Å². The molecule has 0 aliphatic carbocycles. The monoisotopic (exact) mass is 822 g/mol. The third-order valence-electron chi connectivity index (χ3n) is 11.5. The zero-order valence-corrected chi connectivity index (χ0v) is 38.7. The van der Waals surface area contributed by atoms with Crippen LogP contribution in [0.4, 0.5) is 0 Å². The topological polar surface area (TPSA) is 128 Å². The van der Waals surface area contributed by atoms with Gasteiger partial charge in [-0.05, 0) is 77.8 Å². The Bertz CT molecular complexity index is 947. The minimum absolute atomic E-state index is 0.0152. The molecule has 58 heavy (non-hydrogen) atoms. The number of ether oxygens (including phenoxy) is 2. The van der Waals surface area contributed by atoms with E-state index in [1.54, 1.807) is 0 Å². The molecule has 0 saturated carbocycles. The van der Waals surface area contributed by atoms with Crippen LogP contribution in [0.3, 0.4) is 0 Å². The lowest BCUT2D eigenvalue weighted by Gasteiger charge is -2.29. The highest BCUT2D eigenvalue weighted by Crippen LogP contribution is 2.19. The molecule has 0 bridgehead atoms. The smallest absolute Gasteiger partial charge is 0.306 e. The average molecular weight is 822 g/mol. The summed E-state index contributed by atoms with van der Waals surface area (Å²) in [5.41, 5.74) is 5.23. The number of rotatable bonds is 45. The van der Waals surface area contributed by atoms with Crippen LogP contribution in [0, 0.1) is 0 Å². The molecule has 9 nitrogen and oxygen atoms in total. The molecule has 342 valence electrons. The van der Waals surface area contributed by atoms with E-state index in [4.69, 9.17) is 15.2 Å². The number of esters is 2. The van der Waals surface area contributed by atoms with Gasteiger partial charge in [-0.2, -0.15) is 0 Å². The van der Waals surface area contributed by atoms with Gasteiger partial charge in [0.05, 0.1) is 6.61 Å². The molecule has 0 aliphatic rings. The summed E-state index contributed by atoms with van der Waals surface area (Å²) < 4.78 is 11.5. The molecule has 3 N–H and O–H groups in total. The van der Waals surface area contributed by atoms with Crippen LogP contribution < -0.4 is 11.1 Å². The quantitative estimate of drug-likeness (QED) is 0.0462. The summed E-state index contributed by atoms with van der Waals surface area (Å²) in [5, 5.41) is 2.99. The van der Waals surface area contributed by atoms with Crippen LogP contribution in [0.15, 0.2) is 0 Å². The fraction of sp³-hybridized carbons (Fsp3) is 0.918. The zero-order chi connectivity index (χ0) is 42.7. The van der Waals surface area contributed by atoms with Crippen LogP contribution in [-0.4, -0.2) is 67.0 Å². The number of hydrogen-bond acceptors (Lipinski definition) is 7. The summed E-state index contributed by atoms with van der Waals surface area (Å²) in [6.45, 7) is 11.9. The van der Waals surface area contributed by atoms with Crippen LogP contribution in [0.5, 0.6) is 0 Å². The van der Waals surface area contributed by atoms with E-state index in [9.17, 15) is 19.2 Å². The first kappa shape index (κ1) is 55.8. The number of primary amides is 1. The molecule has 0 radical (unpaired) electrons. The van der Waals surface area contributed by atoms with E-state index < -0.39 is 5.91 Å². The summed E-state index contributed by atoms with van der Waals surface area (Å²) in [6.07, 6.45) is 37.4. The second kappa shape index (κ2) is 42.9. The summed E-state index contributed by atoms with van der Waals surface area (Å²) >= 11 is 0. The van der Waals surface area contributed by atoms with Crippen LogP contribution in [0.25, 0.3) is 0 Å². The van der Waals surface area contributed by atoms with E-state index in [-0.39, 0.29) is 42.8 Å². The van der Waals surface area contributed by atoms with E-state index >= 15 is 0 Å². The van der Waals surface area contributed by atoms with Gasteiger partial charge in [0, 0.05) is 38.3 Å². The first-order valence-corrected chi connectivity index (χ1v) is 24.9. The van der Waals surface area contributed by atoms with Crippen molar-refractivity contribution in [1.29, 1.82) is 0 Å². The standard InChI is InChI=1S/C49H95N3O6/c1-5-8-11-14-17-26-33-42-57-48(55)36-29-22-18-24-31-40-52(44(4)43-51-47(54)39-38-46(50)53)41-32-25-19-23-30-37-49(56)58-45(34-27-20-15-12-9-6-2)35-28-21-16-13-10-7-3/h44-45H,5-43H2,1-4H3,(H2,50,53)(H,51,54). The van der Waals surface area contributed by atoms with E-state index in [0.717, 1.165) is 116 Å². The molecule has 0 spiro atoms. The molecule has 2 amide bonds. The lowest BCUT2D eigenvalue weighted by atomic mass is 10.0. The predicted molar refractivity (Wildman–Crippen MR) is 243 cm³/mol. The van der Waals surface area contributed by atoms with Crippen molar-refractivity contribution >= 4 is 23.8 Å². The van der Waals surface area contributed by atoms with Crippen LogP contribution in [-0.2, 0) is 28.7 Å². The molecule has 1 unspecified atom stereocenters. The Morgan fingerprint density at radius 3 is 1.40 bits per heavy atom. The Hall–Kier alpha value is -2.16. The van der Waals surface area contributed by atoms with Crippen molar-refractivity contribution in [2.75, 3.05) is 26.2 Å². The van der Waals surface area contributed by atoms with Gasteiger partial charge >= 0.3 is 11.9 Å². The number of nitrogens with zero attached hydrogens (tertiary/aromatic N) is 1. The highest BCUT2D eigenvalue weighted by atomic mass is 16.5. The molecular formula is C49H95N3O6. The van der Waals surface area contributed by atoms with Gasteiger partial charge in [-0.1, -0.05) is 162 Å². The summed E-state index contributed by atoms with van der Waals surface area (Å²) in [7, 11) is 0. The number of nitrogens with one attached hydrogen (secondary N) is 1. The fourth-order valence-electron chi connectivity index (χ4n) is 7.63. The second-order valence-corrected chi connectivity index (χ2v) is 17.3. The van der Waals surface area contributed by atoms with Gasteiger partial charge in [0.15, 0.2) is 0 Å². The number of amides is 2. The van der Waals surface area contributed by atoms with Crippen molar-refractivity contribution in [2.24, 2.45) is 5.73 Å². The average Bonchev–Trinajstić information content (AvgIpc) is 3.20. The predicted octanol–water partition coefficient (Wildman–Crippen LogP) is 12.4. The fourth-order valence-corrected chi connectivity index (χ4v) is 7.63. The highest BCUT2D eigenvalue weighted by Gasteiger charge is 2.16. The van der Waals surface area contributed by atoms with Crippen molar-refractivity contribution in [1.82, 2.24) is 10.2 Å². The van der Waals surface area contributed by atoms with Crippen LogP contribution in [0.1, 0.15) is 252 Å². The van der Waals surface area contributed by atoms with Gasteiger partial charge < -0.3 is 20.5 Å². The number of hydrogen-bond donors (Lipinski definition) is 2. The van der Waals surface area contributed by atoms with E-state index in [0.29, 0.717) is 26.0 Å². The summed E-state index contributed by atoms with van der Waals surface area (Å²) in [6, 6.07) is 0.180. The molecule has 0 aromatic carbocycles. The number of carbonyl (C=O) groups excluding carboxylic acids is 4. The SMILES string of the molecule is CCCCCCCCCOC(=O)CCCCCCCN(CCCCCCCC(=O)OC(CCCCCCCC)CCCCCCCC)C(C)CNC(=O)CCC(N)=O. The molecular weight excluding hydrogens is 727 g/mol. The first-order valence-electron chi connectivity index (χ1n) is 24.9. The van der Waals surface area contributed by atoms with Crippen molar-refractivity contribution in [2.45, 2.75) is 265 Å². The lowest BCUT2D eigenvalue weighted by molar-refractivity contribution is -0.150. The van der Waals surface area contributed by atoms with Crippen LogP contribution in [0.2, 0.25) is 0 Å². The Balaban J connectivity index is 4.53. The molecule has 0 rings (SSSR count). The Morgan fingerprint density at radius 1 is 0.500 bits per heavy atom. The van der Waals surface area contributed by atoms with E-state index in [1.165, 1.54) is 96.3 Å². The van der Waals surface area contributed by atoms with Crippen molar-refractivity contribution < 1.29 is 28.7 Å². The van der Waals surface area contributed by atoms with Gasteiger partial charge in [0.1, 0.15) is 6.10 Å². The van der Waals surface area contributed by atoms with E-state index in [2.05, 4.69) is 37.9 Å². The maximum absolute atomic E-state index is 12.8. The summed E-state index contributed by atoms with van der Waals surface area (Å²) in [4.78, 5) is 50.8. The molecule has 0 aromatic heterocycles. The van der Waals surface area contributed by atoms with Gasteiger partial charge in [0.25, 0.3) is 0 Å². The number of carbonyl (C=O) groups is 4. The number of nitrogens with two attached hydrogens (primary N) is 1. The molecule has 0 fully saturated rings. The Morgan fingerprint density at radius 2 is 0.914 bits per heavy atom. The molecule has 0 heterocycles. The molecule has 1 atom stereocenters. The molecule has 0 aromatic rings. The van der Waals surface area contributed by atoms with Gasteiger partial charge in [0.2, 0.25) is 11.8 Å². The van der Waals surface area contributed by atoms with E-state index in [1.807, 2.05) is 0 Å². The molecule has 9 heteroatoms. The Kier molecular flexibility index (Phi) is 41.3. The van der Waals surface area contributed by atoms with Crippen LogP contribution >= 0.6 is 0 Å². The lowest BCUT2D eigenvalue weighted by Crippen LogP contribution is -2.43. The van der Waals surface area contributed by atoms with Crippen molar-refractivity contribution in [3.05, 3.63) is 0 Å². The van der Waals surface area contributed by atoms with Crippen molar-refractivity contribution in [3.63, 3.8) is 0 Å². The maximum Gasteiger partial charge on any atom is 0.306 e. The molecule has 0 saturated heterocycles. The third kappa shape index (κ3) is 39.3. The van der Waals surface area contributed by atoms with Gasteiger partial charge in [-0.15, -0.1) is 0 Å². The maximum atomic E-state index is 12.8. The highest BCUT2D eigenvalue weighted by molar-refractivity contribution is 5.82.